The summed E-state index contributed by atoms with van der Waals surface area (Å²) in [4.78, 5) is 18.2. The highest BCUT2D eigenvalue weighted by Gasteiger charge is 2.35. The van der Waals surface area contributed by atoms with Crippen LogP contribution in [0.25, 0.3) is 10.7 Å². The Hall–Kier alpha value is -2.63. The number of nitrogens with one attached hydrogen (secondary N) is 1. The van der Waals surface area contributed by atoms with Gasteiger partial charge < -0.3 is 9.84 Å². The van der Waals surface area contributed by atoms with Crippen molar-refractivity contribution in [3.8, 4) is 10.7 Å². The second-order valence-electron chi connectivity index (χ2n) is 7.37. The smallest absolute Gasteiger partial charge is 0.244 e. The van der Waals surface area contributed by atoms with E-state index >= 15 is 0 Å². The third-order valence-electron chi connectivity index (χ3n) is 5.10. The molecule has 11 heteroatoms. The van der Waals surface area contributed by atoms with Gasteiger partial charge in [-0.05, 0) is 50.1 Å². The molecule has 8 nitrogen and oxygen atoms in total. The molecule has 1 amide bonds. The van der Waals surface area contributed by atoms with Crippen molar-refractivity contribution in [2.45, 2.75) is 31.6 Å². The maximum Gasteiger partial charge on any atom is 0.244 e. The Labute approximate surface area is 183 Å². The normalized spacial score (nSPS) is 17.6. The lowest BCUT2D eigenvalue weighted by atomic mass is 9.99. The monoisotopic (exact) mass is 464 g/mol. The fourth-order valence-corrected chi connectivity index (χ4v) is 6.53. The first-order valence-corrected chi connectivity index (χ1v) is 12.0. The summed E-state index contributed by atoms with van der Waals surface area (Å²) in [6.45, 7) is 3.83. The Morgan fingerprint density at radius 2 is 2.03 bits per heavy atom. The summed E-state index contributed by atoms with van der Waals surface area (Å²) in [7, 11) is -3.79. The molecule has 0 bridgehead atoms. The number of carbonyl (C=O) groups excluding carboxylic acids is 1. The van der Waals surface area contributed by atoms with Crippen LogP contribution in [0, 0.1) is 25.6 Å². The molecule has 1 aliphatic rings. The number of piperidine rings is 1. The maximum absolute atomic E-state index is 13.3. The van der Waals surface area contributed by atoms with Gasteiger partial charge in [-0.25, -0.2) is 12.8 Å². The number of benzene rings is 1. The van der Waals surface area contributed by atoms with Crippen LogP contribution in [0.5, 0.6) is 0 Å². The third kappa shape index (κ3) is 4.53. The van der Waals surface area contributed by atoms with E-state index in [2.05, 4.69) is 15.5 Å². The largest absolute Gasteiger partial charge is 0.339 e. The summed E-state index contributed by atoms with van der Waals surface area (Å²) in [5.74, 6) is -0.420. The zero-order valence-electron chi connectivity index (χ0n) is 17.0. The maximum atomic E-state index is 13.3. The number of amides is 1. The molecule has 1 unspecified atom stereocenters. The van der Waals surface area contributed by atoms with E-state index in [1.165, 1.54) is 39.9 Å². The molecule has 1 aliphatic heterocycles. The minimum Gasteiger partial charge on any atom is -0.339 e. The van der Waals surface area contributed by atoms with E-state index in [4.69, 9.17) is 4.52 Å². The Bertz CT molecular complexity index is 1200. The topological polar surface area (TPSA) is 105 Å². The van der Waals surface area contributed by atoms with Crippen LogP contribution in [0.2, 0.25) is 0 Å². The number of aryl methyl sites for hydroxylation is 2. The van der Waals surface area contributed by atoms with Gasteiger partial charge in [0.1, 0.15) is 5.82 Å². The fraction of sp³-hybridized carbons (Fsp3) is 0.350. The van der Waals surface area contributed by atoms with Crippen molar-refractivity contribution in [2.24, 2.45) is 5.92 Å². The molecule has 4 rings (SSSR count). The van der Waals surface area contributed by atoms with Gasteiger partial charge in [0.15, 0.2) is 0 Å². The van der Waals surface area contributed by atoms with Gasteiger partial charge in [0.05, 0.1) is 15.7 Å². The lowest BCUT2D eigenvalue weighted by Crippen LogP contribution is -2.43. The Morgan fingerprint density at radius 3 is 2.71 bits per heavy atom. The molecule has 0 aliphatic carbocycles. The second kappa shape index (κ2) is 8.48. The first-order valence-electron chi connectivity index (χ1n) is 9.72. The summed E-state index contributed by atoms with van der Waals surface area (Å²) in [5, 5.41) is 6.59. The highest BCUT2D eigenvalue weighted by molar-refractivity contribution is 7.89. The van der Waals surface area contributed by atoms with Crippen LogP contribution in [0.3, 0.4) is 0 Å². The van der Waals surface area contributed by atoms with E-state index in [-0.39, 0.29) is 17.3 Å². The van der Waals surface area contributed by atoms with E-state index in [1.54, 1.807) is 19.9 Å². The van der Waals surface area contributed by atoms with Crippen molar-refractivity contribution in [1.82, 2.24) is 14.4 Å². The van der Waals surface area contributed by atoms with Crippen LogP contribution in [0.1, 0.15) is 23.6 Å². The Kier molecular flexibility index (Phi) is 5.91. The number of rotatable bonds is 5. The lowest BCUT2D eigenvalue weighted by molar-refractivity contribution is -0.120. The van der Waals surface area contributed by atoms with Crippen molar-refractivity contribution in [2.75, 3.05) is 18.4 Å². The molecule has 2 aromatic heterocycles. The summed E-state index contributed by atoms with van der Waals surface area (Å²) in [5.41, 5.74) is 0.472. The molecule has 0 radical (unpaired) electrons. The number of hydrogen-bond acceptors (Lipinski definition) is 7. The quantitative estimate of drug-likeness (QED) is 0.619. The number of anilines is 1. The summed E-state index contributed by atoms with van der Waals surface area (Å²) in [6, 6.07) is 7.02. The SMILES string of the molecule is Cc1nc(-c2cc(S(=O)(=O)N3CCCC(C(=O)Nc4ccc(F)cc4)C3)c(C)s2)no1. The lowest BCUT2D eigenvalue weighted by Gasteiger charge is -2.31. The number of halogens is 1. The average molecular weight is 465 g/mol. The number of nitrogens with zero attached hydrogens (tertiary/aromatic N) is 3. The predicted octanol–water partition coefficient (Wildman–Crippen LogP) is 3.59. The molecule has 1 fully saturated rings. The van der Waals surface area contributed by atoms with Crippen LogP contribution in [-0.2, 0) is 14.8 Å². The van der Waals surface area contributed by atoms with Gasteiger partial charge in [-0.2, -0.15) is 9.29 Å². The predicted molar refractivity (Wildman–Crippen MR) is 114 cm³/mol. The van der Waals surface area contributed by atoms with Gasteiger partial charge in [-0.15, -0.1) is 11.3 Å². The zero-order chi connectivity index (χ0) is 22.2. The number of sulfonamides is 1. The van der Waals surface area contributed by atoms with Gasteiger partial charge in [-0.1, -0.05) is 5.16 Å². The molecular formula is C20H21FN4O4S2. The molecule has 0 spiro atoms. The van der Waals surface area contributed by atoms with Gasteiger partial charge in [-0.3, -0.25) is 4.79 Å². The number of hydrogen-bond donors (Lipinski definition) is 1. The Morgan fingerprint density at radius 1 is 1.29 bits per heavy atom. The Balaban J connectivity index is 1.51. The highest BCUT2D eigenvalue weighted by Crippen LogP contribution is 2.35. The van der Waals surface area contributed by atoms with Crippen molar-refractivity contribution < 1.29 is 22.1 Å². The molecular weight excluding hydrogens is 443 g/mol. The molecule has 0 saturated carbocycles. The van der Waals surface area contributed by atoms with E-state index < -0.39 is 21.8 Å². The number of carbonyl (C=O) groups is 1. The van der Waals surface area contributed by atoms with E-state index in [0.717, 1.165) is 0 Å². The van der Waals surface area contributed by atoms with Crippen LogP contribution in [0.15, 0.2) is 39.8 Å². The molecule has 1 aromatic carbocycles. The number of aromatic nitrogens is 2. The summed E-state index contributed by atoms with van der Waals surface area (Å²) in [6.07, 6.45) is 1.15. The third-order valence-corrected chi connectivity index (χ3v) is 8.27. The molecule has 164 valence electrons. The fourth-order valence-electron chi connectivity index (χ4n) is 3.52. The summed E-state index contributed by atoms with van der Waals surface area (Å²) < 4.78 is 46.0. The standard InChI is InChI=1S/C20H21FN4O4S2/c1-12-18(10-17(30-12)19-22-13(2)29-24-19)31(27,28)25-9-3-4-14(11-25)20(26)23-16-7-5-15(21)6-8-16/h5-8,10,14H,3-4,9,11H2,1-2H3,(H,23,26). The minimum absolute atomic E-state index is 0.0846. The summed E-state index contributed by atoms with van der Waals surface area (Å²) >= 11 is 1.28. The van der Waals surface area contributed by atoms with E-state index in [1.807, 2.05) is 0 Å². The van der Waals surface area contributed by atoms with Crippen molar-refractivity contribution in [3.05, 3.63) is 46.9 Å². The molecule has 3 aromatic rings. The van der Waals surface area contributed by atoms with E-state index in [9.17, 15) is 17.6 Å². The first-order chi connectivity index (χ1) is 14.7. The molecule has 1 atom stereocenters. The van der Waals surface area contributed by atoms with Crippen LogP contribution >= 0.6 is 11.3 Å². The zero-order valence-corrected chi connectivity index (χ0v) is 18.6. The average Bonchev–Trinajstić information content (AvgIpc) is 3.35. The molecule has 1 saturated heterocycles. The second-order valence-corrected chi connectivity index (χ2v) is 10.5. The van der Waals surface area contributed by atoms with Gasteiger partial charge in [0.2, 0.25) is 27.6 Å². The van der Waals surface area contributed by atoms with Crippen molar-refractivity contribution in [1.29, 1.82) is 0 Å². The van der Waals surface area contributed by atoms with Gasteiger partial charge in [0, 0.05) is 30.6 Å². The molecule has 31 heavy (non-hydrogen) atoms. The van der Waals surface area contributed by atoms with E-state index in [0.29, 0.717) is 46.5 Å². The van der Waals surface area contributed by atoms with Gasteiger partial charge >= 0.3 is 0 Å². The number of thiophene rings is 1. The van der Waals surface area contributed by atoms with Crippen LogP contribution in [-0.4, -0.2) is 41.9 Å². The van der Waals surface area contributed by atoms with Crippen LogP contribution in [0.4, 0.5) is 10.1 Å². The first kappa shape index (κ1) is 21.6. The molecule has 3 heterocycles. The van der Waals surface area contributed by atoms with Gasteiger partial charge in [0.25, 0.3) is 0 Å². The van der Waals surface area contributed by atoms with Crippen molar-refractivity contribution in [3.63, 3.8) is 0 Å². The highest BCUT2D eigenvalue weighted by atomic mass is 32.2. The molecule has 1 N–H and O–H groups in total. The van der Waals surface area contributed by atoms with Crippen molar-refractivity contribution >= 4 is 33.0 Å². The minimum atomic E-state index is -3.79. The van der Waals surface area contributed by atoms with Crippen LogP contribution < -0.4 is 5.32 Å².